The topological polar surface area (TPSA) is 56.9 Å². The van der Waals surface area contributed by atoms with Crippen LogP contribution < -0.4 is 10.6 Å². The average molecular weight is 327 g/mol. The second-order valence-corrected chi connectivity index (χ2v) is 7.20. The molecule has 2 amide bonds. The van der Waals surface area contributed by atoms with Gasteiger partial charge in [-0.15, -0.1) is 11.3 Å². The molecular formula is C18H21N3OS. The highest BCUT2D eigenvalue weighted by molar-refractivity contribution is 7.10. The van der Waals surface area contributed by atoms with Gasteiger partial charge in [0.05, 0.1) is 0 Å². The Balaban J connectivity index is 1.55. The fraction of sp³-hybridized carbons (Fsp3) is 0.278. The Morgan fingerprint density at radius 3 is 2.83 bits per heavy atom. The first-order valence-corrected chi connectivity index (χ1v) is 8.55. The molecule has 0 saturated carbocycles. The first-order chi connectivity index (χ1) is 11.1. The van der Waals surface area contributed by atoms with E-state index in [1.807, 2.05) is 36.5 Å². The minimum absolute atomic E-state index is 0.0633. The summed E-state index contributed by atoms with van der Waals surface area (Å²) < 4.78 is 0. The highest BCUT2D eigenvalue weighted by Crippen LogP contribution is 2.26. The molecule has 0 bridgehead atoms. The highest BCUT2D eigenvalue weighted by atomic mass is 32.1. The molecule has 120 valence electrons. The molecule has 5 heteroatoms. The van der Waals surface area contributed by atoms with Gasteiger partial charge >= 0.3 is 6.03 Å². The van der Waals surface area contributed by atoms with E-state index in [9.17, 15) is 4.79 Å². The number of aromatic amines is 1. The number of hydrogen-bond donors (Lipinski definition) is 3. The van der Waals surface area contributed by atoms with Crippen LogP contribution in [0.15, 0.2) is 48.0 Å². The molecule has 23 heavy (non-hydrogen) atoms. The Morgan fingerprint density at radius 2 is 2.04 bits per heavy atom. The molecule has 0 aliphatic carbocycles. The zero-order chi connectivity index (χ0) is 16.3. The Morgan fingerprint density at radius 1 is 1.17 bits per heavy atom. The number of carbonyl (C=O) groups excluding carboxylic acids is 1. The minimum atomic E-state index is -0.137. The van der Waals surface area contributed by atoms with Crippen LogP contribution in [0, 0.1) is 0 Å². The van der Waals surface area contributed by atoms with Gasteiger partial charge < -0.3 is 15.6 Å². The SMILES string of the molecule is CC(C)(CNC(=O)NCc1cccc2[nH]ccc12)c1cccs1. The molecule has 0 aliphatic rings. The predicted octanol–water partition coefficient (Wildman–Crippen LogP) is 4.01. The largest absolute Gasteiger partial charge is 0.361 e. The number of amides is 2. The van der Waals surface area contributed by atoms with Crippen LogP contribution in [0.2, 0.25) is 0 Å². The number of urea groups is 1. The lowest BCUT2D eigenvalue weighted by molar-refractivity contribution is 0.238. The summed E-state index contributed by atoms with van der Waals surface area (Å²) in [5.74, 6) is 0. The third-order valence-corrected chi connectivity index (χ3v) is 5.24. The number of H-pyrrole nitrogens is 1. The van der Waals surface area contributed by atoms with E-state index in [1.165, 1.54) is 4.88 Å². The molecule has 0 spiro atoms. The van der Waals surface area contributed by atoms with Crippen molar-refractivity contribution in [3.63, 3.8) is 0 Å². The zero-order valence-electron chi connectivity index (χ0n) is 13.3. The van der Waals surface area contributed by atoms with E-state index in [-0.39, 0.29) is 11.4 Å². The van der Waals surface area contributed by atoms with Crippen LogP contribution >= 0.6 is 11.3 Å². The third kappa shape index (κ3) is 3.56. The van der Waals surface area contributed by atoms with Crippen LogP contribution in [-0.2, 0) is 12.0 Å². The Labute approximate surface area is 139 Å². The molecule has 2 aromatic heterocycles. The Kier molecular flexibility index (Phi) is 4.39. The molecule has 0 radical (unpaired) electrons. The van der Waals surface area contributed by atoms with Gasteiger partial charge in [-0.05, 0) is 29.1 Å². The summed E-state index contributed by atoms with van der Waals surface area (Å²) in [5, 5.41) is 9.12. The summed E-state index contributed by atoms with van der Waals surface area (Å²) >= 11 is 1.72. The number of thiophene rings is 1. The number of hydrogen-bond acceptors (Lipinski definition) is 2. The van der Waals surface area contributed by atoms with E-state index < -0.39 is 0 Å². The fourth-order valence-electron chi connectivity index (χ4n) is 2.59. The van der Waals surface area contributed by atoms with Gasteiger partial charge in [-0.1, -0.05) is 32.0 Å². The molecule has 0 atom stereocenters. The summed E-state index contributed by atoms with van der Waals surface area (Å²) in [6, 6.07) is 12.1. The van der Waals surface area contributed by atoms with Crippen molar-refractivity contribution in [2.45, 2.75) is 25.8 Å². The lowest BCUT2D eigenvalue weighted by atomic mass is 9.91. The second kappa shape index (κ2) is 6.46. The van der Waals surface area contributed by atoms with E-state index in [2.05, 4.69) is 40.9 Å². The predicted molar refractivity (Wildman–Crippen MR) is 95.9 cm³/mol. The van der Waals surface area contributed by atoms with E-state index in [4.69, 9.17) is 0 Å². The maximum Gasteiger partial charge on any atom is 0.315 e. The van der Waals surface area contributed by atoms with Crippen molar-refractivity contribution in [3.8, 4) is 0 Å². The van der Waals surface area contributed by atoms with Gasteiger partial charge in [0.1, 0.15) is 0 Å². The van der Waals surface area contributed by atoms with Gasteiger partial charge in [-0.25, -0.2) is 4.79 Å². The van der Waals surface area contributed by atoms with Crippen molar-refractivity contribution in [2.75, 3.05) is 6.54 Å². The molecule has 3 aromatic rings. The quantitative estimate of drug-likeness (QED) is 0.651. The van der Waals surface area contributed by atoms with E-state index in [0.717, 1.165) is 16.5 Å². The first-order valence-electron chi connectivity index (χ1n) is 7.67. The van der Waals surface area contributed by atoms with Crippen molar-refractivity contribution in [2.24, 2.45) is 0 Å². The summed E-state index contributed by atoms with van der Waals surface area (Å²) in [6.07, 6.45) is 1.91. The number of nitrogens with one attached hydrogen (secondary N) is 3. The van der Waals surface area contributed by atoms with Crippen LogP contribution in [0.1, 0.15) is 24.3 Å². The van der Waals surface area contributed by atoms with Gasteiger partial charge in [0, 0.05) is 40.5 Å². The average Bonchev–Trinajstić information content (AvgIpc) is 3.21. The monoisotopic (exact) mass is 327 g/mol. The number of rotatable bonds is 5. The van der Waals surface area contributed by atoms with Crippen molar-refractivity contribution in [1.82, 2.24) is 15.6 Å². The molecule has 0 saturated heterocycles. The van der Waals surface area contributed by atoms with Crippen LogP contribution in [0.5, 0.6) is 0 Å². The molecule has 0 aliphatic heterocycles. The lowest BCUT2D eigenvalue weighted by Crippen LogP contribution is -2.41. The molecule has 3 N–H and O–H groups in total. The summed E-state index contributed by atoms with van der Waals surface area (Å²) in [4.78, 5) is 16.5. The third-order valence-electron chi connectivity index (χ3n) is 4.00. The van der Waals surface area contributed by atoms with Gasteiger partial charge in [-0.3, -0.25) is 0 Å². The van der Waals surface area contributed by atoms with Crippen molar-refractivity contribution in [1.29, 1.82) is 0 Å². The molecule has 4 nitrogen and oxygen atoms in total. The van der Waals surface area contributed by atoms with Crippen LogP contribution in [0.3, 0.4) is 0 Å². The van der Waals surface area contributed by atoms with Crippen molar-refractivity contribution < 1.29 is 4.79 Å². The number of fused-ring (bicyclic) bond motifs is 1. The Hall–Kier alpha value is -2.27. The number of benzene rings is 1. The van der Waals surface area contributed by atoms with Gasteiger partial charge in [0.25, 0.3) is 0 Å². The maximum absolute atomic E-state index is 12.1. The van der Waals surface area contributed by atoms with E-state index >= 15 is 0 Å². The molecule has 0 unspecified atom stereocenters. The lowest BCUT2D eigenvalue weighted by Gasteiger charge is -2.23. The van der Waals surface area contributed by atoms with Crippen molar-refractivity contribution >= 4 is 28.3 Å². The highest BCUT2D eigenvalue weighted by Gasteiger charge is 2.22. The molecular weight excluding hydrogens is 306 g/mol. The molecule has 2 heterocycles. The normalized spacial score (nSPS) is 11.6. The van der Waals surface area contributed by atoms with Crippen LogP contribution in [0.25, 0.3) is 10.9 Å². The van der Waals surface area contributed by atoms with Crippen molar-refractivity contribution in [3.05, 3.63) is 58.4 Å². The molecule has 0 fully saturated rings. The number of carbonyl (C=O) groups is 1. The van der Waals surface area contributed by atoms with Gasteiger partial charge in [-0.2, -0.15) is 0 Å². The summed E-state index contributed by atoms with van der Waals surface area (Å²) in [7, 11) is 0. The molecule has 1 aromatic carbocycles. The Bertz CT molecular complexity index is 790. The summed E-state index contributed by atoms with van der Waals surface area (Å²) in [5.41, 5.74) is 2.13. The van der Waals surface area contributed by atoms with Crippen LogP contribution in [-0.4, -0.2) is 17.6 Å². The standard InChI is InChI=1S/C18H21N3OS/c1-18(2,16-7-4-10-23-16)12-21-17(22)20-11-13-5-3-6-15-14(13)8-9-19-15/h3-10,19H,11-12H2,1-2H3,(H2,20,21,22). The zero-order valence-corrected chi connectivity index (χ0v) is 14.2. The van der Waals surface area contributed by atoms with E-state index in [0.29, 0.717) is 13.1 Å². The smallest absolute Gasteiger partial charge is 0.315 e. The van der Waals surface area contributed by atoms with E-state index in [1.54, 1.807) is 11.3 Å². The van der Waals surface area contributed by atoms with Gasteiger partial charge in [0.15, 0.2) is 0 Å². The summed E-state index contributed by atoms with van der Waals surface area (Å²) in [6.45, 7) is 5.40. The van der Waals surface area contributed by atoms with Gasteiger partial charge in [0.2, 0.25) is 0 Å². The fourth-order valence-corrected chi connectivity index (χ4v) is 3.45. The van der Waals surface area contributed by atoms with Crippen LogP contribution in [0.4, 0.5) is 4.79 Å². The maximum atomic E-state index is 12.1. The second-order valence-electron chi connectivity index (χ2n) is 6.25. The number of aromatic nitrogens is 1. The minimum Gasteiger partial charge on any atom is -0.361 e. The first kappa shape index (κ1) is 15.6. The molecule has 3 rings (SSSR count).